The number of nitrogens with one attached hydrogen (secondary N) is 1. The van der Waals surface area contributed by atoms with E-state index in [-0.39, 0.29) is 22.2 Å². The standard InChI is InChI=1S/C26H20N2O3S/c29-26(27-23-15-8-10-19-9-4-5-13-21(19)23)18-28-17-25(22-14-6-7-16-24(22)28)32(30,31)20-11-2-1-3-12-20/h1-17H,18H2,(H,27,29). The summed E-state index contributed by atoms with van der Waals surface area (Å²) in [5, 5.41) is 5.55. The molecule has 0 fully saturated rings. The third-order valence-electron chi connectivity index (χ3n) is 5.47. The molecule has 1 amide bonds. The van der Waals surface area contributed by atoms with Gasteiger partial charge in [-0.1, -0.05) is 72.8 Å². The first-order valence-electron chi connectivity index (χ1n) is 10.2. The monoisotopic (exact) mass is 440 g/mol. The Balaban J connectivity index is 1.51. The molecule has 0 unspecified atom stereocenters. The Bertz CT molecular complexity index is 1550. The van der Waals surface area contributed by atoms with Crippen LogP contribution in [-0.4, -0.2) is 18.9 Å². The molecule has 0 aliphatic heterocycles. The van der Waals surface area contributed by atoms with Gasteiger partial charge >= 0.3 is 0 Å². The van der Waals surface area contributed by atoms with E-state index in [1.54, 1.807) is 53.2 Å². The zero-order valence-corrected chi connectivity index (χ0v) is 17.9. The molecular formula is C26H20N2O3S. The Morgan fingerprint density at radius 1 is 0.750 bits per heavy atom. The zero-order chi connectivity index (χ0) is 22.1. The first kappa shape index (κ1) is 20.0. The number of rotatable bonds is 5. The van der Waals surface area contributed by atoms with Crippen LogP contribution in [0.3, 0.4) is 0 Å². The molecule has 6 heteroatoms. The van der Waals surface area contributed by atoms with Crippen LogP contribution in [0, 0.1) is 0 Å². The topological polar surface area (TPSA) is 68.2 Å². The van der Waals surface area contributed by atoms with Crippen molar-refractivity contribution >= 4 is 43.1 Å². The average Bonchev–Trinajstić information content (AvgIpc) is 3.19. The van der Waals surface area contributed by atoms with Crippen molar-refractivity contribution in [2.24, 2.45) is 0 Å². The van der Waals surface area contributed by atoms with Crippen molar-refractivity contribution in [1.29, 1.82) is 0 Å². The fourth-order valence-corrected chi connectivity index (χ4v) is 5.46. The maximum Gasteiger partial charge on any atom is 0.244 e. The number of amides is 1. The van der Waals surface area contributed by atoms with E-state index in [4.69, 9.17) is 0 Å². The molecule has 1 heterocycles. The molecule has 0 aliphatic carbocycles. The lowest BCUT2D eigenvalue weighted by atomic mass is 10.1. The van der Waals surface area contributed by atoms with Crippen LogP contribution in [0.4, 0.5) is 5.69 Å². The summed E-state index contributed by atoms with van der Waals surface area (Å²) in [5.41, 5.74) is 1.41. The highest BCUT2D eigenvalue weighted by Crippen LogP contribution is 2.30. The van der Waals surface area contributed by atoms with Gasteiger partial charge in [0.1, 0.15) is 6.54 Å². The predicted octanol–water partition coefficient (Wildman–Crippen LogP) is 5.27. The highest BCUT2D eigenvalue weighted by molar-refractivity contribution is 7.91. The minimum atomic E-state index is -3.72. The van der Waals surface area contributed by atoms with Crippen LogP contribution in [0.1, 0.15) is 0 Å². The summed E-state index contributed by atoms with van der Waals surface area (Å²) in [4.78, 5) is 13.3. The summed E-state index contributed by atoms with van der Waals surface area (Å²) in [6.45, 7) is -0.00591. The van der Waals surface area contributed by atoms with Crippen molar-refractivity contribution in [1.82, 2.24) is 4.57 Å². The van der Waals surface area contributed by atoms with Crippen LogP contribution in [-0.2, 0) is 21.2 Å². The van der Waals surface area contributed by atoms with E-state index >= 15 is 0 Å². The lowest BCUT2D eigenvalue weighted by molar-refractivity contribution is -0.116. The molecule has 32 heavy (non-hydrogen) atoms. The van der Waals surface area contributed by atoms with E-state index in [0.29, 0.717) is 10.9 Å². The largest absolute Gasteiger partial charge is 0.337 e. The number of sulfone groups is 1. The summed E-state index contributed by atoms with van der Waals surface area (Å²) in [6, 6.07) is 29.1. The minimum Gasteiger partial charge on any atom is -0.337 e. The molecule has 0 aliphatic rings. The fraction of sp³-hybridized carbons (Fsp3) is 0.0385. The van der Waals surface area contributed by atoms with Gasteiger partial charge in [0.25, 0.3) is 0 Å². The number of hydrogen-bond acceptors (Lipinski definition) is 3. The Labute approximate surface area is 185 Å². The first-order valence-corrected chi connectivity index (χ1v) is 11.7. The molecule has 5 aromatic rings. The molecule has 5 nitrogen and oxygen atoms in total. The van der Waals surface area contributed by atoms with Gasteiger partial charge in [-0.15, -0.1) is 0 Å². The summed E-state index contributed by atoms with van der Waals surface area (Å²) >= 11 is 0. The quantitative estimate of drug-likeness (QED) is 0.405. The van der Waals surface area contributed by atoms with Crippen LogP contribution < -0.4 is 5.32 Å². The lowest BCUT2D eigenvalue weighted by Crippen LogP contribution is -2.18. The molecule has 4 aromatic carbocycles. The number of hydrogen-bond donors (Lipinski definition) is 1. The fourth-order valence-electron chi connectivity index (χ4n) is 3.96. The number of carbonyl (C=O) groups excluding carboxylic acids is 1. The van der Waals surface area contributed by atoms with E-state index in [2.05, 4.69) is 5.32 Å². The molecule has 0 spiro atoms. The van der Waals surface area contributed by atoms with Crippen molar-refractivity contribution in [2.45, 2.75) is 16.3 Å². The maximum absolute atomic E-state index is 13.3. The van der Waals surface area contributed by atoms with E-state index in [1.807, 2.05) is 54.6 Å². The highest BCUT2D eigenvalue weighted by atomic mass is 32.2. The predicted molar refractivity (Wildman–Crippen MR) is 126 cm³/mol. The smallest absolute Gasteiger partial charge is 0.244 e. The van der Waals surface area contributed by atoms with Gasteiger partial charge in [-0.3, -0.25) is 4.79 Å². The second-order valence-corrected chi connectivity index (χ2v) is 9.45. The van der Waals surface area contributed by atoms with Gasteiger partial charge < -0.3 is 9.88 Å². The molecule has 0 saturated heterocycles. The van der Waals surface area contributed by atoms with Gasteiger partial charge in [0.05, 0.1) is 9.79 Å². The molecule has 1 aromatic heterocycles. The number of carbonyl (C=O) groups is 1. The zero-order valence-electron chi connectivity index (χ0n) is 17.1. The van der Waals surface area contributed by atoms with Gasteiger partial charge in [0.15, 0.2) is 0 Å². The SMILES string of the molecule is O=C(Cn1cc(S(=O)(=O)c2ccccc2)c2ccccc21)Nc1cccc2ccccc12. The number of aromatic nitrogens is 1. The summed E-state index contributed by atoms with van der Waals surface area (Å²) < 4.78 is 28.2. The molecule has 0 radical (unpaired) electrons. The van der Waals surface area contributed by atoms with Gasteiger partial charge in [-0.2, -0.15) is 0 Å². The van der Waals surface area contributed by atoms with Crippen LogP contribution in [0.5, 0.6) is 0 Å². The van der Waals surface area contributed by atoms with Crippen molar-refractivity contribution in [2.75, 3.05) is 5.32 Å². The summed E-state index contributed by atoms with van der Waals surface area (Å²) in [7, 11) is -3.72. The molecule has 1 N–H and O–H groups in total. The molecule has 5 rings (SSSR count). The van der Waals surface area contributed by atoms with Crippen LogP contribution in [0.2, 0.25) is 0 Å². The first-order chi connectivity index (χ1) is 15.5. The lowest BCUT2D eigenvalue weighted by Gasteiger charge is -2.10. The van der Waals surface area contributed by atoms with E-state index in [0.717, 1.165) is 16.5 Å². The second kappa shape index (κ2) is 7.98. The number of anilines is 1. The Kier molecular flexibility index (Phi) is 4.99. The van der Waals surface area contributed by atoms with E-state index in [1.165, 1.54) is 0 Å². The third kappa shape index (κ3) is 3.55. The number of benzene rings is 4. The summed E-state index contributed by atoms with van der Waals surface area (Å²) in [6.07, 6.45) is 1.55. The van der Waals surface area contributed by atoms with Gasteiger partial charge in [0, 0.05) is 28.2 Å². The Morgan fingerprint density at radius 2 is 1.41 bits per heavy atom. The normalized spacial score (nSPS) is 11.6. The maximum atomic E-state index is 13.3. The molecule has 0 atom stereocenters. The Hall–Kier alpha value is -3.90. The van der Waals surface area contributed by atoms with Crippen molar-refractivity contribution in [3.05, 3.63) is 103 Å². The average molecular weight is 441 g/mol. The minimum absolute atomic E-state index is 0.00591. The highest BCUT2D eigenvalue weighted by Gasteiger charge is 2.23. The Morgan fingerprint density at radius 3 is 2.22 bits per heavy atom. The van der Waals surface area contributed by atoms with E-state index < -0.39 is 9.84 Å². The van der Waals surface area contributed by atoms with Crippen molar-refractivity contribution in [3.63, 3.8) is 0 Å². The molecule has 158 valence electrons. The van der Waals surface area contributed by atoms with Crippen molar-refractivity contribution < 1.29 is 13.2 Å². The number of nitrogens with zero attached hydrogens (tertiary/aromatic N) is 1. The molecular weight excluding hydrogens is 420 g/mol. The van der Waals surface area contributed by atoms with Gasteiger partial charge in [-0.05, 0) is 29.7 Å². The molecule has 0 bridgehead atoms. The number of para-hydroxylation sites is 1. The van der Waals surface area contributed by atoms with Crippen LogP contribution in [0.15, 0.2) is 113 Å². The van der Waals surface area contributed by atoms with E-state index in [9.17, 15) is 13.2 Å². The third-order valence-corrected chi connectivity index (χ3v) is 7.27. The van der Waals surface area contributed by atoms with Crippen LogP contribution in [0.25, 0.3) is 21.7 Å². The summed E-state index contributed by atoms with van der Waals surface area (Å²) in [5.74, 6) is -0.231. The van der Waals surface area contributed by atoms with Gasteiger partial charge in [-0.25, -0.2) is 8.42 Å². The number of fused-ring (bicyclic) bond motifs is 2. The van der Waals surface area contributed by atoms with Crippen molar-refractivity contribution in [3.8, 4) is 0 Å². The second-order valence-electron chi connectivity index (χ2n) is 7.53. The molecule has 0 saturated carbocycles. The van der Waals surface area contributed by atoms with Gasteiger partial charge in [0.2, 0.25) is 15.7 Å². The van der Waals surface area contributed by atoms with Crippen LogP contribution >= 0.6 is 0 Å².